The molecule has 0 aromatic rings. The van der Waals surface area contributed by atoms with Gasteiger partial charge in [0.1, 0.15) is 0 Å². The Labute approximate surface area is 97.9 Å². The topological polar surface area (TPSA) is 30.5 Å². The first-order valence-corrected chi connectivity index (χ1v) is 6.85. The summed E-state index contributed by atoms with van der Waals surface area (Å²) in [5.74, 6) is 0.713. The highest BCUT2D eigenvalue weighted by Gasteiger charge is 2.45. The van der Waals surface area contributed by atoms with Crippen molar-refractivity contribution in [1.29, 1.82) is 0 Å². The van der Waals surface area contributed by atoms with Gasteiger partial charge in [0.15, 0.2) is 5.79 Å². The molecule has 2 aliphatic carbocycles. The molecule has 0 amide bonds. The molecule has 3 atom stereocenters. The van der Waals surface area contributed by atoms with Crippen molar-refractivity contribution in [1.82, 2.24) is 5.32 Å². The minimum Gasteiger partial charge on any atom is -0.347 e. The summed E-state index contributed by atoms with van der Waals surface area (Å²) in [6.07, 6.45) is 7.45. The Morgan fingerprint density at radius 1 is 1.19 bits per heavy atom. The van der Waals surface area contributed by atoms with Gasteiger partial charge in [-0.3, -0.25) is 0 Å². The van der Waals surface area contributed by atoms with E-state index in [0.717, 1.165) is 38.0 Å². The zero-order chi connectivity index (χ0) is 11.0. The first-order valence-electron chi connectivity index (χ1n) is 6.85. The molecule has 1 heterocycles. The van der Waals surface area contributed by atoms with Crippen molar-refractivity contribution < 1.29 is 9.47 Å². The third-order valence-electron chi connectivity index (χ3n) is 4.64. The molecule has 3 aliphatic rings. The van der Waals surface area contributed by atoms with Gasteiger partial charge in [0.2, 0.25) is 0 Å². The molecule has 3 nitrogen and oxygen atoms in total. The van der Waals surface area contributed by atoms with Gasteiger partial charge in [0.05, 0.1) is 13.2 Å². The molecule has 92 valence electrons. The number of nitrogens with one attached hydrogen (secondary N) is 1. The molecular formula is C13H23NO2. The van der Waals surface area contributed by atoms with Gasteiger partial charge in [-0.05, 0) is 25.2 Å². The second kappa shape index (κ2) is 4.28. The van der Waals surface area contributed by atoms with Crippen LogP contribution in [0.1, 0.15) is 45.4 Å². The van der Waals surface area contributed by atoms with Crippen LogP contribution in [-0.4, -0.2) is 31.1 Å². The molecule has 3 rings (SSSR count). The lowest BCUT2D eigenvalue weighted by atomic mass is 9.77. The number of rotatable bonds is 3. The monoisotopic (exact) mass is 225 g/mol. The highest BCUT2D eigenvalue weighted by molar-refractivity contribution is 4.94. The lowest BCUT2D eigenvalue weighted by Gasteiger charge is -2.39. The first-order chi connectivity index (χ1) is 7.81. The van der Waals surface area contributed by atoms with Crippen LogP contribution in [0.5, 0.6) is 0 Å². The van der Waals surface area contributed by atoms with Crippen molar-refractivity contribution in [3.8, 4) is 0 Å². The van der Waals surface area contributed by atoms with Crippen molar-refractivity contribution in [2.24, 2.45) is 5.92 Å². The van der Waals surface area contributed by atoms with Gasteiger partial charge in [-0.1, -0.05) is 13.3 Å². The normalized spacial score (nSPS) is 41.4. The summed E-state index contributed by atoms with van der Waals surface area (Å²) >= 11 is 0. The summed E-state index contributed by atoms with van der Waals surface area (Å²) in [5.41, 5.74) is 0. The largest absolute Gasteiger partial charge is 0.347 e. The summed E-state index contributed by atoms with van der Waals surface area (Å²) < 4.78 is 11.5. The van der Waals surface area contributed by atoms with Gasteiger partial charge >= 0.3 is 0 Å². The van der Waals surface area contributed by atoms with E-state index in [0.29, 0.717) is 6.04 Å². The van der Waals surface area contributed by atoms with E-state index in [-0.39, 0.29) is 5.79 Å². The Bertz CT molecular complexity index is 248. The summed E-state index contributed by atoms with van der Waals surface area (Å²) in [6.45, 7) is 3.87. The maximum atomic E-state index is 5.76. The first kappa shape index (κ1) is 11.0. The van der Waals surface area contributed by atoms with E-state index < -0.39 is 0 Å². The molecule has 16 heavy (non-hydrogen) atoms. The molecule has 1 aliphatic heterocycles. The predicted molar refractivity (Wildman–Crippen MR) is 62.2 cm³/mol. The van der Waals surface area contributed by atoms with Crippen LogP contribution in [0.25, 0.3) is 0 Å². The maximum Gasteiger partial charge on any atom is 0.170 e. The fourth-order valence-electron chi connectivity index (χ4n) is 3.45. The van der Waals surface area contributed by atoms with Crippen molar-refractivity contribution in [2.45, 2.75) is 63.3 Å². The van der Waals surface area contributed by atoms with Gasteiger partial charge in [-0.25, -0.2) is 0 Å². The van der Waals surface area contributed by atoms with Crippen LogP contribution in [0, 0.1) is 5.92 Å². The molecule has 0 aromatic carbocycles. The highest BCUT2D eigenvalue weighted by atomic mass is 16.7. The van der Waals surface area contributed by atoms with Crippen LogP contribution >= 0.6 is 0 Å². The van der Waals surface area contributed by atoms with Crippen LogP contribution in [0.3, 0.4) is 0 Å². The average molecular weight is 225 g/mol. The Morgan fingerprint density at radius 3 is 2.62 bits per heavy atom. The van der Waals surface area contributed by atoms with E-state index in [1.165, 1.54) is 25.7 Å². The molecule has 3 fully saturated rings. The fraction of sp³-hybridized carbons (Fsp3) is 1.00. The van der Waals surface area contributed by atoms with Crippen molar-refractivity contribution in [3.63, 3.8) is 0 Å². The molecule has 1 N–H and O–H groups in total. The lowest BCUT2D eigenvalue weighted by Crippen LogP contribution is -2.48. The van der Waals surface area contributed by atoms with E-state index in [1.54, 1.807) is 0 Å². The smallest absolute Gasteiger partial charge is 0.170 e. The average Bonchev–Trinajstić information content (AvgIpc) is 2.86. The summed E-state index contributed by atoms with van der Waals surface area (Å²) in [7, 11) is 0. The second-order valence-electron chi connectivity index (χ2n) is 5.57. The molecule has 2 saturated carbocycles. The zero-order valence-electron chi connectivity index (χ0n) is 10.2. The third-order valence-corrected chi connectivity index (χ3v) is 4.64. The SMILES string of the molecule is CCC1CCC1NC1CCC2(C1)OCCO2. The maximum absolute atomic E-state index is 5.76. The number of ether oxygens (including phenoxy) is 2. The Balaban J connectivity index is 1.50. The third kappa shape index (κ3) is 1.89. The van der Waals surface area contributed by atoms with Crippen LogP contribution in [0.4, 0.5) is 0 Å². The Morgan fingerprint density at radius 2 is 2.00 bits per heavy atom. The number of hydrogen-bond acceptors (Lipinski definition) is 3. The van der Waals surface area contributed by atoms with Crippen LogP contribution < -0.4 is 5.32 Å². The summed E-state index contributed by atoms with van der Waals surface area (Å²) in [5, 5.41) is 3.81. The molecule has 1 saturated heterocycles. The number of hydrogen-bond donors (Lipinski definition) is 1. The van der Waals surface area contributed by atoms with E-state index in [4.69, 9.17) is 9.47 Å². The molecular weight excluding hydrogens is 202 g/mol. The van der Waals surface area contributed by atoms with Crippen molar-refractivity contribution in [2.75, 3.05) is 13.2 Å². The summed E-state index contributed by atoms with van der Waals surface area (Å²) in [4.78, 5) is 0. The van der Waals surface area contributed by atoms with Gasteiger partial charge in [-0.2, -0.15) is 0 Å². The fourth-order valence-corrected chi connectivity index (χ4v) is 3.45. The lowest BCUT2D eigenvalue weighted by molar-refractivity contribution is -0.151. The molecule has 0 bridgehead atoms. The van der Waals surface area contributed by atoms with Crippen LogP contribution in [0.15, 0.2) is 0 Å². The quantitative estimate of drug-likeness (QED) is 0.797. The van der Waals surface area contributed by atoms with E-state index in [2.05, 4.69) is 12.2 Å². The van der Waals surface area contributed by atoms with Crippen molar-refractivity contribution in [3.05, 3.63) is 0 Å². The Hall–Kier alpha value is -0.120. The molecule has 1 spiro atoms. The Kier molecular flexibility index (Phi) is 2.94. The zero-order valence-corrected chi connectivity index (χ0v) is 10.2. The minimum absolute atomic E-state index is 0.205. The van der Waals surface area contributed by atoms with E-state index in [1.807, 2.05) is 0 Å². The standard InChI is InChI=1S/C13H23NO2/c1-2-10-3-4-12(10)14-11-5-6-13(9-11)15-7-8-16-13/h10-12,14H,2-9H2,1H3. The van der Waals surface area contributed by atoms with Crippen LogP contribution in [0.2, 0.25) is 0 Å². The van der Waals surface area contributed by atoms with Crippen LogP contribution in [-0.2, 0) is 9.47 Å². The molecule has 3 heteroatoms. The van der Waals surface area contributed by atoms with Crippen molar-refractivity contribution >= 4 is 0 Å². The molecule has 3 unspecified atom stereocenters. The second-order valence-corrected chi connectivity index (χ2v) is 5.57. The predicted octanol–water partition coefficient (Wildman–Crippen LogP) is 2.06. The van der Waals surface area contributed by atoms with Gasteiger partial charge in [0, 0.05) is 24.9 Å². The minimum atomic E-state index is -0.205. The highest BCUT2D eigenvalue weighted by Crippen LogP contribution is 2.39. The van der Waals surface area contributed by atoms with Gasteiger partial charge in [0.25, 0.3) is 0 Å². The van der Waals surface area contributed by atoms with Gasteiger partial charge < -0.3 is 14.8 Å². The van der Waals surface area contributed by atoms with E-state index in [9.17, 15) is 0 Å². The molecule has 0 aromatic heterocycles. The summed E-state index contributed by atoms with van der Waals surface area (Å²) in [6, 6.07) is 1.39. The van der Waals surface area contributed by atoms with E-state index >= 15 is 0 Å². The van der Waals surface area contributed by atoms with Gasteiger partial charge in [-0.15, -0.1) is 0 Å². The molecule has 0 radical (unpaired) electrons.